The molecule has 0 unspecified atom stereocenters. The van der Waals surface area contributed by atoms with E-state index >= 15 is 0 Å². The van der Waals surface area contributed by atoms with Crippen molar-refractivity contribution in [1.82, 2.24) is 0 Å². The molecule has 2 aliphatic rings. The lowest BCUT2D eigenvalue weighted by Gasteiger charge is -2.27. The molecule has 0 radical (unpaired) electrons. The smallest absolute Gasteiger partial charge is 0.414 e. The number of hydrogen-bond acceptors (Lipinski definition) is 7. The number of morpholine rings is 1. The molecule has 0 spiro atoms. The molecule has 3 rings (SSSR count). The average molecular weight is 372 g/mol. The number of cyclic esters (lactones) is 1. The molecule has 0 bridgehead atoms. The number of nitrogens with zero attached hydrogens (tertiary/aromatic N) is 2. The third kappa shape index (κ3) is 4.25. The van der Waals surface area contributed by atoms with E-state index in [4.69, 9.17) is 14.0 Å². The molecule has 1 aromatic rings. The van der Waals surface area contributed by atoms with Crippen molar-refractivity contribution in [3.63, 3.8) is 0 Å². The molecule has 136 valence electrons. The molecular formula is C14H16N2O8S. The number of rotatable bonds is 5. The summed E-state index contributed by atoms with van der Waals surface area (Å²) in [6.45, 7) is 0.557. The van der Waals surface area contributed by atoms with E-state index in [9.17, 15) is 18.0 Å². The van der Waals surface area contributed by atoms with Gasteiger partial charge < -0.3 is 14.4 Å². The van der Waals surface area contributed by atoms with Gasteiger partial charge in [-0.25, -0.2) is 8.98 Å². The Morgan fingerprint density at radius 1 is 1.16 bits per heavy atom. The minimum atomic E-state index is -4.59. The van der Waals surface area contributed by atoms with Crippen LogP contribution in [0.5, 0.6) is 0 Å². The van der Waals surface area contributed by atoms with Gasteiger partial charge in [-0.1, -0.05) is 0 Å². The molecular weight excluding hydrogens is 356 g/mol. The maximum Gasteiger partial charge on any atom is 0.414 e. The molecule has 11 heteroatoms. The van der Waals surface area contributed by atoms with Crippen LogP contribution in [0, 0.1) is 0 Å². The van der Waals surface area contributed by atoms with E-state index in [-0.39, 0.29) is 19.1 Å². The zero-order valence-corrected chi connectivity index (χ0v) is 13.8. The third-order valence-electron chi connectivity index (χ3n) is 3.74. The van der Waals surface area contributed by atoms with Gasteiger partial charge in [-0.15, -0.1) is 0 Å². The van der Waals surface area contributed by atoms with Crippen molar-refractivity contribution >= 4 is 33.8 Å². The number of anilines is 2. The molecule has 2 amide bonds. The third-order valence-corrected chi connectivity index (χ3v) is 4.17. The lowest BCUT2D eigenvalue weighted by molar-refractivity contribution is -0.125. The fraction of sp³-hybridized carbons (Fsp3) is 0.429. The number of benzene rings is 1. The van der Waals surface area contributed by atoms with Gasteiger partial charge in [0.25, 0.3) is 5.91 Å². The molecule has 0 aliphatic carbocycles. The Labute approximate surface area is 143 Å². The highest BCUT2D eigenvalue weighted by atomic mass is 32.3. The second-order valence-electron chi connectivity index (χ2n) is 5.44. The van der Waals surface area contributed by atoms with Gasteiger partial charge in [0.15, 0.2) is 0 Å². The molecule has 2 aliphatic heterocycles. The van der Waals surface area contributed by atoms with Gasteiger partial charge >= 0.3 is 16.5 Å². The molecule has 2 saturated heterocycles. The SMILES string of the molecule is O=C1COCCN1c1ccc(N2C[C@H](COS(=O)(=O)O)OC2=O)cc1. The van der Waals surface area contributed by atoms with Crippen molar-refractivity contribution in [1.29, 1.82) is 0 Å². The second-order valence-corrected chi connectivity index (χ2v) is 6.53. The molecule has 10 nitrogen and oxygen atoms in total. The molecule has 2 fully saturated rings. The molecule has 1 aromatic carbocycles. The normalized spacial score (nSPS) is 21.6. The predicted molar refractivity (Wildman–Crippen MR) is 84.7 cm³/mol. The summed E-state index contributed by atoms with van der Waals surface area (Å²) < 4.78 is 44.0. The van der Waals surface area contributed by atoms with Crippen LogP contribution < -0.4 is 9.80 Å². The Balaban J connectivity index is 1.66. The van der Waals surface area contributed by atoms with Crippen molar-refractivity contribution in [3.8, 4) is 0 Å². The van der Waals surface area contributed by atoms with Crippen LogP contribution in [0.1, 0.15) is 0 Å². The topological polar surface area (TPSA) is 123 Å². The molecule has 1 atom stereocenters. The van der Waals surface area contributed by atoms with Gasteiger partial charge in [-0.2, -0.15) is 8.42 Å². The van der Waals surface area contributed by atoms with Gasteiger partial charge in [0.05, 0.1) is 13.2 Å². The van der Waals surface area contributed by atoms with Crippen LogP contribution in [-0.2, 0) is 28.9 Å². The Morgan fingerprint density at radius 2 is 1.80 bits per heavy atom. The van der Waals surface area contributed by atoms with Gasteiger partial charge in [0.2, 0.25) is 0 Å². The highest BCUT2D eigenvalue weighted by molar-refractivity contribution is 7.80. The standard InChI is InChI=1S/C14H16N2O8S/c17-13-9-22-6-5-15(13)10-1-3-11(4-2-10)16-7-12(24-14(16)18)8-23-25(19,20)21/h1-4,12H,5-9H2,(H,19,20,21)/t12-/m1/s1. The molecule has 0 aromatic heterocycles. The number of ether oxygens (including phenoxy) is 2. The van der Waals surface area contributed by atoms with Gasteiger partial charge in [-0.05, 0) is 24.3 Å². The van der Waals surface area contributed by atoms with Crippen molar-refractivity contribution in [2.45, 2.75) is 6.10 Å². The lowest BCUT2D eigenvalue weighted by Crippen LogP contribution is -2.41. The maximum atomic E-state index is 11.9. The molecule has 1 N–H and O–H groups in total. The zero-order chi connectivity index (χ0) is 18.0. The number of amides is 2. The summed E-state index contributed by atoms with van der Waals surface area (Å²) >= 11 is 0. The monoisotopic (exact) mass is 372 g/mol. The lowest BCUT2D eigenvalue weighted by atomic mass is 10.2. The molecule has 2 heterocycles. The average Bonchev–Trinajstić information content (AvgIpc) is 2.94. The van der Waals surface area contributed by atoms with Crippen LogP contribution in [-0.4, -0.2) is 64.0 Å². The first kappa shape index (κ1) is 17.6. The Morgan fingerprint density at radius 3 is 2.40 bits per heavy atom. The van der Waals surface area contributed by atoms with Crippen molar-refractivity contribution in [3.05, 3.63) is 24.3 Å². The fourth-order valence-electron chi connectivity index (χ4n) is 2.58. The number of carbonyl (C=O) groups excluding carboxylic acids is 2. The van der Waals surface area contributed by atoms with Gasteiger partial charge in [-0.3, -0.25) is 14.2 Å². The van der Waals surface area contributed by atoms with Crippen LogP contribution in [0.4, 0.5) is 16.2 Å². The minimum Gasteiger partial charge on any atom is -0.441 e. The van der Waals surface area contributed by atoms with Crippen LogP contribution in [0.25, 0.3) is 0 Å². The van der Waals surface area contributed by atoms with Crippen LogP contribution in [0.15, 0.2) is 24.3 Å². The van der Waals surface area contributed by atoms with Crippen LogP contribution >= 0.6 is 0 Å². The summed E-state index contributed by atoms with van der Waals surface area (Å²) in [4.78, 5) is 26.6. The van der Waals surface area contributed by atoms with E-state index in [1.54, 1.807) is 29.2 Å². The highest BCUT2D eigenvalue weighted by Crippen LogP contribution is 2.25. The minimum absolute atomic E-state index is 0.0373. The first-order chi connectivity index (χ1) is 11.8. The summed E-state index contributed by atoms with van der Waals surface area (Å²) in [7, 11) is -4.59. The van der Waals surface area contributed by atoms with Crippen molar-refractivity contribution in [2.75, 3.05) is 42.7 Å². The van der Waals surface area contributed by atoms with E-state index in [1.807, 2.05) is 0 Å². The first-order valence-corrected chi connectivity index (χ1v) is 8.78. The van der Waals surface area contributed by atoms with Crippen LogP contribution in [0.3, 0.4) is 0 Å². The Kier molecular flexibility index (Phi) is 4.90. The van der Waals surface area contributed by atoms with Crippen LogP contribution in [0.2, 0.25) is 0 Å². The van der Waals surface area contributed by atoms with Crippen molar-refractivity contribution in [2.24, 2.45) is 0 Å². The summed E-state index contributed by atoms with van der Waals surface area (Å²) in [6.07, 6.45) is -1.48. The van der Waals surface area contributed by atoms with E-state index in [1.165, 1.54) is 4.90 Å². The fourth-order valence-corrected chi connectivity index (χ4v) is 2.91. The quantitative estimate of drug-likeness (QED) is 0.727. The zero-order valence-electron chi connectivity index (χ0n) is 13.0. The van der Waals surface area contributed by atoms with Gasteiger partial charge in [0.1, 0.15) is 19.3 Å². The van der Waals surface area contributed by atoms with Crippen molar-refractivity contribution < 1.29 is 36.2 Å². The maximum absolute atomic E-state index is 11.9. The summed E-state index contributed by atoms with van der Waals surface area (Å²) in [5.74, 6) is -0.137. The summed E-state index contributed by atoms with van der Waals surface area (Å²) in [5, 5.41) is 0. The van der Waals surface area contributed by atoms with Gasteiger partial charge in [0, 0.05) is 17.9 Å². The predicted octanol–water partition coefficient (Wildman–Crippen LogP) is 0.194. The van der Waals surface area contributed by atoms with E-state index < -0.39 is 29.2 Å². The van der Waals surface area contributed by atoms with E-state index in [0.29, 0.717) is 24.5 Å². The summed E-state index contributed by atoms with van der Waals surface area (Å²) in [5.41, 5.74) is 1.22. The highest BCUT2D eigenvalue weighted by Gasteiger charge is 2.33. The van der Waals surface area contributed by atoms with E-state index in [0.717, 1.165) is 0 Å². The Bertz CT molecular complexity index is 764. The largest absolute Gasteiger partial charge is 0.441 e. The second kappa shape index (κ2) is 6.96. The van der Waals surface area contributed by atoms with E-state index in [2.05, 4.69) is 4.18 Å². The summed E-state index contributed by atoms with van der Waals surface area (Å²) in [6, 6.07) is 6.72. The number of carbonyl (C=O) groups is 2. The molecule has 25 heavy (non-hydrogen) atoms. The first-order valence-electron chi connectivity index (χ1n) is 7.41. The number of hydrogen-bond donors (Lipinski definition) is 1. The Hall–Kier alpha value is -2.21. The molecule has 0 saturated carbocycles.